The number of nitrogens with one attached hydrogen (secondary N) is 1. The van der Waals surface area contributed by atoms with Crippen molar-refractivity contribution >= 4 is 15.9 Å². The number of hydrogen-bond acceptors (Lipinski definition) is 4. The van der Waals surface area contributed by atoms with Crippen LogP contribution in [0.25, 0.3) is 0 Å². The summed E-state index contributed by atoms with van der Waals surface area (Å²) in [4.78, 5) is 12.8. The molecule has 0 heterocycles. The van der Waals surface area contributed by atoms with E-state index in [0.29, 0.717) is 12.2 Å². The second-order valence-electron chi connectivity index (χ2n) is 7.35. The van der Waals surface area contributed by atoms with Crippen LogP contribution in [0.4, 0.5) is 0 Å². The molecule has 0 aliphatic rings. The normalized spacial score (nSPS) is 12.4. The Morgan fingerprint density at radius 1 is 0.935 bits per heavy atom. The Morgan fingerprint density at radius 2 is 1.55 bits per heavy atom. The fraction of sp³-hybridized carbons (Fsp3) is 0.208. The van der Waals surface area contributed by atoms with Crippen LogP contribution < -0.4 is 10.1 Å². The number of hydrogen-bond donors (Lipinski definition) is 1. The van der Waals surface area contributed by atoms with Gasteiger partial charge in [0.05, 0.1) is 10.9 Å². The number of para-hydroxylation sites is 1. The van der Waals surface area contributed by atoms with Crippen LogP contribution in [0.2, 0.25) is 0 Å². The van der Waals surface area contributed by atoms with Crippen LogP contribution in [0.3, 0.4) is 0 Å². The Kier molecular flexibility index (Phi) is 7.09. The quantitative estimate of drug-likeness (QED) is 0.577. The number of ether oxygens (including phenoxy) is 1. The molecule has 0 saturated carbocycles. The lowest BCUT2D eigenvalue weighted by Gasteiger charge is -2.16. The molecule has 1 N–H and O–H groups in total. The molecule has 3 rings (SSSR count). The molecule has 1 unspecified atom stereocenters. The molecule has 0 aliphatic heterocycles. The van der Waals surface area contributed by atoms with Gasteiger partial charge in [-0.15, -0.1) is 0 Å². The van der Waals surface area contributed by atoms with Crippen molar-refractivity contribution in [3.8, 4) is 5.75 Å². The van der Waals surface area contributed by atoms with E-state index in [2.05, 4.69) is 5.32 Å². The molecule has 0 bridgehead atoms. The van der Waals surface area contributed by atoms with Crippen LogP contribution in [0.15, 0.2) is 83.8 Å². The van der Waals surface area contributed by atoms with Gasteiger partial charge in [-0.05, 0) is 54.4 Å². The van der Waals surface area contributed by atoms with E-state index in [9.17, 15) is 13.2 Å². The van der Waals surface area contributed by atoms with Crippen LogP contribution in [0, 0.1) is 0 Å². The SMILES string of the molecule is CC(NC(=O)c1ccc(COc2ccccc2)cc1)c1ccc(S(=O)(=O)N(C)C)cc1. The summed E-state index contributed by atoms with van der Waals surface area (Å²) in [7, 11) is -0.494. The first-order valence-electron chi connectivity index (χ1n) is 9.87. The van der Waals surface area contributed by atoms with Crippen molar-refractivity contribution in [1.82, 2.24) is 9.62 Å². The summed E-state index contributed by atoms with van der Waals surface area (Å²) in [6.45, 7) is 2.28. The Hall–Kier alpha value is -3.16. The zero-order valence-electron chi connectivity index (χ0n) is 17.8. The molecule has 0 aliphatic carbocycles. The van der Waals surface area contributed by atoms with Crippen molar-refractivity contribution in [2.75, 3.05) is 14.1 Å². The minimum atomic E-state index is -3.48. The Bertz CT molecular complexity index is 1110. The molecule has 3 aromatic rings. The zero-order valence-corrected chi connectivity index (χ0v) is 18.6. The average molecular weight is 439 g/mol. The second kappa shape index (κ2) is 9.76. The van der Waals surface area contributed by atoms with Gasteiger partial charge in [-0.3, -0.25) is 4.79 Å². The molecule has 3 aromatic carbocycles. The standard InChI is InChI=1S/C24H26N2O4S/c1-18(20-13-15-23(16-14-20)31(28,29)26(2)3)25-24(27)21-11-9-19(10-12-21)17-30-22-7-5-4-6-8-22/h4-16,18H,17H2,1-3H3,(H,25,27). The largest absolute Gasteiger partial charge is 0.489 e. The number of carbonyl (C=O) groups excluding carboxylic acids is 1. The predicted molar refractivity (Wildman–Crippen MR) is 120 cm³/mol. The number of sulfonamides is 1. The predicted octanol–water partition coefficient (Wildman–Crippen LogP) is 4.01. The van der Waals surface area contributed by atoms with E-state index in [4.69, 9.17) is 4.74 Å². The van der Waals surface area contributed by atoms with Gasteiger partial charge in [0.2, 0.25) is 10.0 Å². The third-order valence-electron chi connectivity index (χ3n) is 4.87. The summed E-state index contributed by atoms with van der Waals surface area (Å²) >= 11 is 0. The molecule has 162 valence electrons. The van der Waals surface area contributed by atoms with Crippen LogP contribution in [-0.4, -0.2) is 32.7 Å². The fourth-order valence-corrected chi connectivity index (χ4v) is 3.84. The van der Waals surface area contributed by atoms with E-state index in [1.165, 1.54) is 18.4 Å². The summed E-state index contributed by atoms with van der Waals surface area (Å²) in [5, 5.41) is 2.94. The van der Waals surface area contributed by atoms with Gasteiger partial charge in [-0.1, -0.05) is 42.5 Å². The molecule has 7 heteroatoms. The summed E-state index contributed by atoms with van der Waals surface area (Å²) in [6, 6.07) is 23.1. The highest BCUT2D eigenvalue weighted by atomic mass is 32.2. The highest BCUT2D eigenvalue weighted by Gasteiger charge is 2.18. The van der Waals surface area contributed by atoms with Crippen molar-refractivity contribution in [3.05, 3.63) is 95.6 Å². The number of nitrogens with zero attached hydrogens (tertiary/aromatic N) is 1. The number of amides is 1. The smallest absolute Gasteiger partial charge is 0.251 e. The van der Waals surface area contributed by atoms with Gasteiger partial charge >= 0.3 is 0 Å². The first kappa shape index (κ1) is 22.5. The molecule has 1 atom stereocenters. The van der Waals surface area contributed by atoms with Crippen molar-refractivity contribution in [2.24, 2.45) is 0 Å². The molecule has 0 spiro atoms. The molecule has 0 radical (unpaired) electrons. The topological polar surface area (TPSA) is 75.7 Å². The second-order valence-corrected chi connectivity index (χ2v) is 9.50. The molecule has 0 saturated heterocycles. The highest BCUT2D eigenvalue weighted by Crippen LogP contribution is 2.19. The number of carbonyl (C=O) groups is 1. The first-order valence-corrected chi connectivity index (χ1v) is 11.3. The van der Waals surface area contributed by atoms with E-state index in [1.807, 2.05) is 49.4 Å². The molecule has 0 fully saturated rings. The number of rotatable bonds is 8. The minimum Gasteiger partial charge on any atom is -0.489 e. The summed E-state index contributed by atoms with van der Waals surface area (Å²) in [5.74, 6) is 0.593. The maximum atomic E-state index is 12.6. The van der Waals surface area contributed by atoms with Gasteiger partial charge in [0.25, 0.3) is 5.91 Å². The van der Waals surface area contributed by atoms with Gasteiger partial charge in [0.1, 0.15) is 12.4 Å². The Balaban J connectivity index is 1.59. The van der Waals surface area contributed by atoms with E-state index in [-0.39, 0.29) is 16.8 Å². The molecular formula is C24H26N2O4S. The summed E-state index contributed by atoms with van der Waals surface area (Å²) in [5.41, 5.74) is 2.33. The molecular weight excluding hydrogens is 412 g/mol. The van der Waals surface area contributed by atoms with E-state index < -0.39 is 10.0 Å². The maximum Gasteiger partial charge on any atom is 0.251 e. The fourth-order valence-electron chi connectivity index (χ4n) is 2.94. The lowest BCUT2D eigenvalue weighted by Crippen LogP contribution is -2.27. The zero-order chi connectivity index (χ0) is 22.4. The van der Waals surface area contributed by atoms with E-state index in [0.717, 1.165) is 16.9 Å². The van der Waals surface area contributed by atoms with Crippen molar-refractivity contribution in [1.29, 1.82) is 0 Å². The van der Waals surface area contributed by atoms with Crippen LogP contribution >= 0.6 is 0 Å². The molecule has 6 nitrogen and oxygen atoms in total. The van der Waals surface area contributed by atoms with Gasteiger partial charge in [0, 0.05) is 19.7 Å². The van der Waals surface area contributed by atoms with Gasteiger partial charge in [0.15, 0.2) is 0 Å². The van der Waals surface area contributed by atoms with Crippen molar-refractivity contribution in [3.63, 3.8) is 0 Å². The molecule has 1 amide bonds. The third-order valence-corrected chi connectivity index (χ3v) is 6.70. The van der Waals surface area contributed by atoms with Crippen molar-refractivity contribution < 1.29 is 17.9 Å². The summed E-state index contributed by atoms with van der Waals surface area (Å²) < 4.78 is 31.2. The third kappa shape index (κ3) is 5.71. The van der Waals surface area contributed by atoms with Gasteiger partial charge in [-0.2, -0.15) is 0 Å². The lowest BCUT2D eigenvalue weighted by atomic mass is 10.1. The van der Waals surface area contributed by atoms with Crippen molar-refractivity contribution in [2.45, 2.75) is 24.5 Å². The van der Waals surface area contributed by atoms with Crippen LogP contribution in [0.5, 0.6) is 5.75 Å². The molecule has 0 aromatic heterocycles. The lowest BCUT2D eigenvalue weighted by molar-refractivity contribution is 0.0940. The monoisotopic (exact) mass is 438 g/mol. The Morgan fingerprint density at radius 3 is 2.13 bits per heavy atom. The molecule has 31 heavy (non-hydrogen) atoms. The first-order chi connectivity index (χ1) is 14.8. The average Bonchev–Trinajstić information content (AvgIpc) is 2.78. The van der Waals surface area contributed by atoms with Gasteiger partial charge in [-0.25, -0.2) is 12.7 Å². The van der Waals surface area contributed by atoms with Crippen LogP contribution in [0.1, 0.15) is 34.5 Å². The van der Waals surface area contributed by atoms with E-state index in [1.54, 1.807) is 36.4 Å². The Labute approximate surface area is 183 Å². The highest BCUT2D eigenvalue weighted by molar-refractivity contribution is 7.89. The maximum absolute atomic E-state index is 12.6. The number of benzene rings is 3. The van der Waals surface area contributed by atoms with Crippen LogP contribution in [-0.2, 0) is 16.6 Å². The minimum absolute atomic E-state index is 0.201. The van der Waals surface area contributed by atoms with Gasteiger partial charge < -0.3 is 10.1 Å². The van der Waals surface area contributed by atoms with E-state index >= 15 is 0 Å². The summed E-state index contributed by atoms with van der Waals surface area (Å²) in [6.07, 6.45) is 0.